The molecule has 0 bridgehead atoms. The number of hydrogen-bond donors (Lipinski definition) is 1. The van der Waals surface area contributed by atoms with Gasteiger partial charge >= 0.3 is 0 Å². The van der Waals surface area contributed by atoms with Crippen molar-refractivity contribution in [2.45, 2.75) is 37.1 Å². The highest BCUT2D eigenvalue weighted by molar-refractivity contribution is 7.99. The molecule has 0 aliphatic heterocycles. The van der Waals surface area contributed by atoms with Crippen LogP contribution < -0.4 is 5.32 Å². The summed E-state index contributed by atoms with van der Waals surface area (Å²) in [5.41, 5.74) is 0. The molecule has 0 spiro atoms. The third kappa shape index (κ3) is 4.69. The lowest BCUT2D eigenvalue weighted by atomic mass is 9.89. The highest BCUT2D eigenvalue weighted by atomic mass is 32.2. The van der Waals surface area contributed by atoms with Gasteiger partial charge in [-0.3, -0.25) is 4.79 Å². The Morgan fingerprint density at radius 2 is 2.17 bits per heavy atom. The van der Waals surface area contributed by atoms with E-state index >= 15 is 0 Å². The minimum absolute atomic E-state index is 0.122. The Hall–Kier alpha value is -1.03. The van der Waals surface area contributed by atoms with Crippen LogP contribution in [0.25, 0.3) is 0 Å². The number of hydrogen-bond acceptors (Lipinski definition) is 3. The van der Waals surface area contributed by atoms with Crippen molar-refractivity contribution in [3.8, 4) is 0 Å². The maximum Gasteiger partial charge on any atom is 0.230 e. The van der Waals surface area contributed by atoms with E-state index in [1.54, 1.807) is 6.20 Å². The number of rotatable bonds is 5. The van der Waals surface area contributed by atoms with E-state index in [9.17, 15) is 4.79 Å². The van der Waals surface area contributed by atoms with Gasteiger partial charge in [0, 0.05) is 12.7 Å². The Bertz CT molecular complexity index is 363. The smallest absolute Gasteiger partial charge is 0.230 e. The fraction of sp³-hybridized carbons (Fsp3) is 0.571. The highest BCUT2D eigenvalue weighted by Gasteiger charge is 2.14. The third-order valence-electron chi connectivity index (χ3n) is 3.30. The van der Waals surface area contributed by atoms with Crippen molar-refractivity contribution in [2.75, 3.05) is 12.3 Å². The molecule has 4 heteroatoms. The normalized spacial score (nSPS) is 16.4. The Kier molecular flexibility index (Phi) is 5.52. The molecular weight excluding hydrogens is 244 g/mol. The fourth-order valence-corrected chi connectivity index (χ4v) is 2.96. The minimum Gasteiger partial charge on any atom is -0.355 e. The van der Waals surface area contributed by atoms with Gasteiger partial charge in [0.15, 0.2) is 0 Å². The molecule has 1 aromatic heterocycles. The SMILES string of the molecule is O=C(CSc1ccccn1)NCC1CCCCC1. The lowest BCUT2D eigenvalue weighted by molar-refractivity contribution is -0.118. The van der Waals surface area contributed by atoms with E-state index in [-0.39, 0.29) is 5.91 Å². The molecule has 1 fully saturated rings. The summed E-state index contributed by atoms with van der Waals surface area (Å²) in [5, 5.41) is 3.94. The monoisotopic (exact) mass is 264 g/mol. The Labute approximate surface area is 113 Å². The Balaban J connectivity index is 1.63. The van der Waals surface area contributed by atoms with E-state index in [0.29, 0.717) is 11.7 Å². The van der Waals surface area contributed by atoms with Crippen LogP contribution in [0.1, 0.15) is 32.1 Å². The molecule has 1 aliphatic rings. The van der Waals surface area contributed by atoms with Crippen LogP contribution in [0.4, 0.5) is 0 Å². The average Bonchev–Trinajstić information content (AvgIpc) is 2.45. The number of carbonyl (C=O) groups is 1. The number of nitrogens with zero attached hydrogens (tertiary/aromatic N) is 1. The highest BCUT2D eigenvalue weighted by Crippen LogP contribution is 2.22. The zero-order chi connectivity index (χ0) is 12.6. The van der Waals surface area contributed by atoms with Crippen molar-refractivity contribution in [3.63, 3.8) is 0 Å². The van der Waals surface area contributed by atoms with Gasteiger partial charge in [0.05, 0.1) is 10.8 Å². The maximum atomic E-state index is 11.7. The molecule has 3 nitrogen and oxygen atoms in total. The molecule has 0 unspecified atom stereocenters. The minimum atomic E-state index is 0.122. The predicted octanol–water partition coefficient (Wildman–Crippen LogP) is 2.87. The molecule has 1 aromatic rings. The van der Waals surface area contributed by atoms with E-state index in [1.165, 1.54) is 43.9 Å². The van der Waals surface area contributed by atoms with E-state index in [1.807, 2.05) is 18.2 Å². The largest absolute Gasteiger partial charge is 0.355 e. The summed E-state index contributed by atoms with van der Waals surface area (Å²) < 4.78 is 0. The number of nitrogens with one attached hydrogen (secondary N) is 1. The van der Waals surface area contributed by atoms with Gasteiger partial charge in [-0.1, -0.05) is 37.1 Å². The quantitative estimate of drug-likeness (QED) is 0.832. The second-order valence-corrected chi connectivity index (χ2v) is 5.76. The Morgan fingerprint density at radius 3 is 2.89 bits per heavy atom. The molecular formula is C14H20N2OS. The first-order chi connectivity index (χ1) is 8.84. The summed E-state index contributed by atoms with van der Waals surface area (Å²) in [6.45, 7) is 0.849. The molecule has 1 aliphatic carbocycles. The van der Waals surface area contributed by atoms with Gasteiger partial charge in [-0.05, 0) is 30.9 Å². The van der Waals surface area contributed by atoms with Crippen molar-refractivity contribution in [1.82, 2.24) is 10.3 Å². The van der Waals surface area contributed by atoms with Crippen molar-refractivity contribution in [3.05, 3.63) is 24.4 Å². The second kappa shape index (κ2) is 7.41. The lowest BCUT2D eigenvalue weighted by Crippen LogP contribution is -2.31. The van der Waals surface area contributed by atoms with Crippen LogP contribution in [0.5, 0.6) is 0 Å². The topological polar surface area (TPSA) is 42.0 Å². The number of aromatic nitrogens is 1. The van der Waals surface area contributed by atoms with Crippen molar-refractivity contribution >= 4 is 17.7 Å². The molecule has 1 saturated carbocycles. The maximum absolute atomic E-state index is 11.7. The third-order valence-corrected chi connectivity index (χ3v) is 4.25. The predicted molar refractivity (Wildman–Crippen MR) is 74.5 cm³/mol. The van der Waals surface area contributed by atoms with Gasteiger partial charge in [-0.15, -0.1) is 0 Å². The summed E-state index contributed by atoms with van der Waals surface area (Å²) in [7, 11) is 0. The number of pyridine rings is 1. The van der Waals surface area contributed by atoms with E-state index in [0.717, 1.165) is 11.6 Å². The zero-order valence-corrected chi connectivity index (χ0v) is 11.4. The number of amides is 1. The van der Waals surface area contributed by atoms with E-state index in [4.69, 9.17) is 0 Å². The lowest BCUT2D eigenvalue weighted by Gasteiger charge is -2.21. The van der Waals surface area contributed by atoms with Crippen LogP contribution in [0.3, 0.4) is 0 Å². The van der Waals surface area contributed by atoms with Crippen molar-refractivity contribution < 1.29 is 4.79 Å². The molecule has 0 radical (unpaired) electrons. The molecule has 0 atom stereocenters. The van der Waals surface area contributed by atoms with Crippen LogP contribution in [0, 0.1) is 5.92 Å². The van der Waals surface area contributed by atoms with Crippen molar-refractivity contribution in [2.24, 2.45) is 5.92 Å². The average molecular weight is 264 g/mol. The second-order valence-electron chi connectivity index (χ2n) is 4.76. The van der Waals surface area contributed by atoms with Crippen LogP contribution in [0.15, 0.2) is 29.4 Å². The molecule has 1 heterocycles. The summed E-state index contributed by atoms with van der Waals surface area (Å²) >= 11 is 1.49. The van der Waals surface area contributed by atoms with Crippen LogP contribution in [0.2, 0.25) is 0 Å². The van der Waals surface area contributed by atoms with Gasteiger partial charge in [0.2, 0.25) is 5.91 Å². The first-order valence-electron chi connectivity index (χ1n) is 6.65. The van der Waals surface area contributed by atoms with Crippen LogP contribution in [-0.4, -0.2) is 23.2 Å². The van der Waals surface area contributed by atoms with Gasteiger partial charge in [-0.25, -0.2) is 4.98 Å². The van der Waals surface area contributed by atoms with Gasteiger partial charge in [0.1, 0.15) is 0 Å². The number of carbonyl (C=O) groups excluding carboxylic acids is 1. The molecule has 0 saturated heterocycles. The number of thioether (sulfide) groups is 1. The zero-order valence-electron chi connectivity index (χ0n) is 10.6. The first kappa shape index (κ1) is 13.4. The summed E-state index contributed by atoms with van der Waals surface area (Å²) in [5.74, 6) is 1.28. The van der Waals surface area contributed by atoms with Crippen LogP contribution >= 0.6 is 11.8 Å². The first-order valence-corrected chi connectivity index (χ1v) is 7.63. The van der Waals surface area contributed by atoms with E-state index < -0.39 is 0 Å². The Morgan fingerprint density at radius 1 is 1.33 bits per heavy atom. The standard InChI is InChI=1S/C14H20N2OS/c17-13(11-18-14-8-4-5-9-15-14)16-10-12-6-2-1-3-7-12/h4-5,8-9,12H,1-3,6-7,10-11H2,(H,16,17). The van der Waals surface area contributed by atoms with Crippen molar-refractivity contribution in [1.29, 1.82) is 0 Å². The molecule has 1 amide bonds. The summed E-state index contributed by atoms with van der Waals surface area (Å²) in [6.07, 6.45) is 8.30. The van der Waals surface area contributed by atoms with Crippen LogP contribution in [-0.2, 0) is 4.79 Å². The summed E-state index contributed by atoms with van der Waals surface area (Å²) in [6, 6.07) is 5.75. The van der Waals surface area contributed by atoms with Gasteiger partial charge in [0.25, 0.3) is 0 Å². The van der Waals surface area contributed by atoms with Gasteiger partial charge in [-0.2, -0.15) is 0 Å². The molecule has 0 aromatic carbocycles. The van der Waals surface area contributed by atoms with E-state index in [2.05, 4.69) is 10.3 Å². The molecule has 2 rings (SSSR count). The summed E-state index contributed by atoms with van der Waals surface area (Å²) in [4.78, 5) is 15.9. The molecule has 1 N–H and O–H groups in total. The fourth-order valence-electron chi connectivity index (χ4n) is 2.27. The van der Waals surface area contributed by atoms with Gasteiger partial charge < -0.3 is 5.32 Å². The molecule has 18 heavy (non-hydrogen) atoms. The molecule has 98 valence electrons.